The second-order valence-electron chi connectivity index (χ2n) is 9.16. The number of fused-ring (bicyclic) bond motifs is 1. The molecule has 0 atom stereocenters. The number of aromatic carboxylic acids is 1. The highest BCUT2D eigenvalue weighted by Crippen LogP contribution is 2.28. The Kier molecular flexibility index (Phi) is 7.07. The molecular weight excluding hydrogens is 513 g/mol. The van der Waals surface area contributed by atoms with Crippen LogP contribution in [0.15, 0.2) is 76.8 Å². The van der Waals surface area contributed by atoms with E-state index in [2.05, 4.69) is 5.16 Å². The second kappa shape index (κ2) is 10.6. The number of nitrogens with zero attached hydrogens (tertiary/aromatic N) is 4. The van der Waals surface area contributed by atoms with Gasteiger partial charge >= 0.3 is 5.97 Å². The number of oxime groups is 1. The van der Waals surface area contributed by atoms with Gasteiger partial charge in [0.1, 0.15) is 28.7 Å². The molecule has 0 aliphatic carbocycles. The lowest BCUT2D eigenvalue weighted by Gasteiger charge is -2.36. The number of carboxylic acid groups (broad SMARTS) is 1. The minimum atomic E-state index is -1.45. The molecule has 4 aromatic rings. The molecule has 11 heteroatoms. The van der Waals surface area contributed by atoms with Gasteiger partial charge in [0, 0.05) is 55.6 Å². The molecule has 0 radical (unpaired) electrons. The fraction of sp³-hybridized carbons (Fsp3) is 0.179. The summed E-state index contributed by atoms with van der Waals surface area (Å²) >= 11 is 0. The SMILES string of the molecule is O=C(O)c1cn(-c2ccc(F)cc2)c2cc(N3CCN(CC(=NO)c4ccc(F)cc4)CC3)c(F)cc2c1=O. The molecule has 39 heavy (non-hydrogen) atoms. The summed E-state index contributed by atoms with van der Waals surface area (Å²) in [6.07, 6.45) is 1.16. The zero-order valence-corrected chi connectivity index (χ0v) is 20.5. The Hall–Kier alpha value is -4.64. The van der Waals surface area contributed by atoms with E-state index in [1.807, 2.05) is 9.80 Å². The minimum absolute atomic E-state index is 0.109. The Bertz CT molecular complexity index is 1630. The van der Waals surface area contributed by atoms with Gasteiger partial charge in [0.2, 0.25) is 5.43 Å². The van der Waals surface area contributed by atoms with Gasteiger partial charge in [-0.05, 0) is 48.5 Å². The van der Waals surface area contributed by atoms with Crippen LogP contribution in [-0.2, 0) is 0 Å². The van der Waals surface area contributed by atoms with E-state index in [0.29, 0.717) is 49.7 Å². The van der Waals surface area contributed by atoms with Gasteiger partial charge in [-0.2, -0.15) is 0 Å². The van der Waals surface area contributed by atoms with E-state index in [0.717, 1.165) is 12.3 Å². The Morgan fingerprint density at radius 2 is 1.51 bits per heavy atom. The first kappa shape index (κ1) is 26.0. The number of rotatable bonds is 6. The summed E-state index contributed by atoms with van der Waals surface area (Å²) in [5.74, 6) is -3.01. The molecule has 0 unspecified atom stereocenters. The highest BCUT2D eigenvalue weighted by molar-refractivity contribution is 6.01. The van der Waals surface area contributed by atoms with Crippen molar-refractivity contribution in [2.45, 2.75) is 0 Å². The van der Waals surface area contributed by atoms with Crippen molar-refractivity contribution in [3.63, 3.8) is 0 Å². The predicted molar refractivity (Wildman–Crippen MR) is 140 cm³/mol. The van der Waals surface area contributed by atoms with Crippen molar-refractivity contribution in [1.82, 2.24) is 9.47 Å². The molecule has 0 bridgehead atoms. The number of benzene rings is 3. The Morgan fingerprint density at radius 3 is 2.10 bits per heavy atom. The third-order valence-electron chi connectivity index (χ3n) is 6.79. The van der Waals surface area contributed by atoms with Crippen molar-refractivity contribution in [3.05, 3.63) is 106 Å². The van der Waals surface area contributed by atoms with E-state index in [-0.39, 0.29) is 16.6 Å². The summed E-state index contributed by atoms with van der Waals surface area (Å²) in [6.45, 7) is 2.14. The van der Waals surface area contributed by atoms with E-state index >= 15 is 4.39 Å². The highest BCUT2D eigenvalue weighted by Gasteiger charge is 2.24. The van der Waals surface area contributed by atoms with Crippen molar-refractivity contribution >= 4 is 28.3 Å². The van der Waals surface area contributed by atoms with Crippen LogP contribution in [-0.4, -0.2) is 64.2 Å². The molecule has 1 fully saturated rings. The number of hydrogen-bond donors (Lipinski definition) is 2. The van der Waals surface area contributed by atoms with Crippen LogP contribution in [0.3, 0.4) is 0 Å². The quantitative estimate of drug-likeness (QED) is 0.219. The van der Waals surface area contributed by atoms with E-state index in [1.54, 1.807) is 0 Å². The zero-order chi connectivity index (χ0) is 27.7. The maximum absolute atomic E-state index is 15.3. The topological polar surface area (TPSA) is 98.4 Å². The van der Waals surface area contributed by atoms with Gasteiger partial charge in [0.05, 0.1) is 11.2 Å². The Labute approximate surface area is 220 Å². The van der Waals surface area contributed by atoms with Crippen LogP contribution in [0, 0.1) is 17.5 Å². The third-order valence-corrected chi connectivity index (χ3v) is 6.79. The summed E-state index contributed by atoms with van der Waals surface area (Å²) < 4.78 is 43.6. The fourth-order valence-corrected chi connectivity index (χ4v) is 4.73. The first-order valence-corrected chi connectivity index (χ1v) is 12.1. The van der Waals surface area contributed by atoms with Gasteiger partial charge in [-0.15, -0.1) is 0 Å². The van der Waals surface area contributed by atoms with E-state index in [4.69, 9.17) is 0 Å². The van der Waals surface area contributed by atoms with Crippen LogP contribution in [0.1, 0.15) is 15.9 Å². The summed E-state index contributed by atoms with van der Waals surface area (Å²) in [7, 11) is 0. The largest absolute Gasteiger partial charge is 0.477 e. The van der Waals surface area contributed by atoms with Crippen molar-refractivity contribution in [2.24, 2.45) is 5.16 Å². The van der Waals surface area contributed by atoms with Gasteiger partial charge in [-0.25, -0.2) is 18.0 Å². The molecule has 2 N–H and O–H groups in total. The molecule has 1 aliphatic rings. The first-order chi connectivity index (χ1) is 18.7. The van der Waals surface area contributed by atoms with Crippen LogP contribution in [0.2, 0.25) is 0 Å². The van der Waals surface area contributed by atoms with Gasteiger partial charge in [-0.3, -0.25) is 9.69 Å². The van der Waals surface area contributed by atoms with Gasteiger partial charge in [0.25, 0.3) is 0 Å². The average molecular weight is 537 g/mol. The summed E-state index contributed by atoms with van der Waals surface area (Å²) in [4.78, 5) is 28.4. The molecule has 1 aromatic heterocycles. The Balaban J connectivity index is 1.44. The van der Waals surface area contributed by atoms with Gasteiger partial charge in [0.15, 0.2) is 0 Å². The lowest BCUT2D eigenvalue weighted by Crippen LogP contribution is -2.48. The third kappa shape index (κ3) is 5.21. The number of pyridine rings is 1. The molecule has 2 heterocycles. The summed E-state index contributed by atoms with van der Waals surface area (Å²) in [5, 5.41) is 22.3. The number of hydrogen-bond acceptors (Lipinski definition) is 6. The van der Waals surface area contributed by atoms with Crippen LogP contribution in [0.25, 0.3) is 16.6 Å². The van der Waals surface area contributed by atoms with Crippen LogP contribution < -0.4 is 10.3 Å². The lowest BCUT2D eigenvalue weighted by atomic mass is 10.1. The van der Waals surface area contributed by atoms with Crippen LogP contribution in [0.5, 0.6) is 0 Å². The fourth-order valence-electron chi connectivity index (χ4n) is 4.73. The van der Waals surface area contributed by atoms with E-state index in [1.165, 1.54) is 59.2 Å². The predicted octanol–water partition coefficient (Wildman–Crippen LogP) is 4.11. The highest BCUT2D eigenvalue weighted by atomic mass is 19.1. The van der Waals surface area contributed by atoms with Gasteiger partial charge < -0.3 is 19.8 Å². The zero-order valence-electron chi connectivity index (χ0n) is 20.5. The molecule has 0 spiro atoms. The molecule has 1 aliphatic heterocycles. The van der Waals surface area contributed by atoms with Crippen molar-refractivity contribution in [1.29, 1.82) is 0 Å². The summed E-state index contributed by atoms with van der Waals surface area (Å²) in [5.41, 5.74) is 0.525. The number of piperazine rings is 1. The van der Waals surface area contributed by atoms with E-state index < -0.39 is 34.4 Å². The maximum Gasteiger partial charge on any atom is 0.341 e. The Morgan fingerprint density at radius 1 is 0.897 bits per heavy atom. The van der Waals surface area contributed by atoms with Crippen LogP contribution in [0.4, 0.5) is 18.9 Å². The van der Waals surface area contributed by atoms with Crippen molar-refractivity contribution in [2.75, 3.05) is 37.6 Å². The van der Waals surface area contributed by atoms with Crippen molar-refractivity contribution in [3.8, 4) is 5.69 Å². The number of anilines is 1. The standard InChI is InChI=1S/C28H23F3N4O4/c29-18-3-1-17(2-4-18)24(32-39)16-33-9-11-34(12-10-33)26-14-25-21(13-23(26)31)27(36)22(28(37)38)15-35(25)20-7-5-19(30)6-8-20/h1-8,13-15,39H,9-12,16H2,(H,37,38). The molecular formula is C28H23F3N4O4. The lowest BCUT2D eigenvalue weighted by molar-refractivity contribution is 0.0695. The number of carboxylic acids is 1. The normalized spacial score (nSPS) is 14.6. The van der Waals surface area contributed by atoms with Crippen molar-refractivity contribution < 1.29 is 28.3 Å². The average Bonchev–Trinajstić information content (AvgIpc) is 2.93. The molecule has 0 amide bonds. The smallest absolute Gasteiger partial charge is 0.341 e. The molecule has 200 valence electrons. The first-order valence-electron chi connectivity index (χ1n) is 12.1. The number of aromatic nitrogens is 1. The number of carbonyl (C=O) groups is 1. The second-order valence-corrected chi connectivity index (χ2v) is 9.16. The molecule has 3 aromatic carbocycles. The molecule has 1 saturated heterocycles. The van der Waals surface area contributed by atoms with Crippen LogP contribution >= 0.6 is 0 Å². The van der Waals surface area contributed by atoms with Gasteiger partial charge in [-0.1, -0.05) is 17.3 Å². The minimum Gasteiger partial charge on any atom is -0.477 e. The monoisotopic (exact) mass is 536 g/mol. The summed E-state index contributed by atoms with van der Waals surface area (Å²) in [6, 6.07) is 13.5. The molecule has 0 saturated carbocycles. The van der Waals surface area contributed by atoms with E-state index in [9.17, 15) is 28.7 Å². The number of halogens is 3. The molecule has 8 nitrogen and oxygen atoms in total. The maximum atomic E-state index is 15.3. The molecule has 5 rings (SSSR count).